The topological polar surface area (TPSA) is 98.7 Å². The van der Waals surface area contributed by atoms with Gasteiger partial charge >= 0.3 is 0 Å². The summed E-state index contributed by atoms with van der Waals surface area (Å²) in [5, 5.41) is 14.4. The Bertz CT molecular complexity index is 565. The van der Waals surface area contributed by atoms with Crippen LogP contribution in [0.25, 0.3) is 11.4 Å². The van der Waals surface area contributed by atoms with Crippen LogP contribution in [-0.2, 0) is 11.3 Å². The lowest BCUT2D eigenvalue weighted by Gasteiger charge is -2.06. The second-order valence-electron chi connectivity index (χ2n) is 4.13. The van der Waals surface area contributed by atoms with Gasteiger partial charge in [-0.05, 0) is 35.5 Å². The summed E-state index contributed by atoms with van der Waals surface area (Å²) in [7, 11) is 0. The Balaban J connectivity index is 2.26. The maximum Gasteiger partial charge on any atom is 0.221 e. The first-order valence-electron chi connectivity index (χ1n) is 6.05. The first-order valence-corrected chi connectivity index (χ1v) is 6.05. The summed E-state index contributed by atoms with van der Waals surface area (Å²) >= 11 is 0. The van der Waals surface area contributed by atoms with Crippen LogP contribution in [0.15, 0.2) is 24.3 Å². The van der Waals surface area contributed by atoms with Crippen LogP contribution in [0, 0.1) is 0 Å². The van der Waals surface area contributed by atoms with Crippen LogP contribution < -0.4 is 11.1 Å². The van der Waals surface area contributed by atoms with E-state index >= 15 is 0 Å². The molecule has 19 heavy (non-hydrogen) atoms. The van der Waals surface area contributed by atoms with Gasteiger partial charge in [-0.25, -0.2) is 4.68 Å². The zero-order chi connectivity index (χ0) is 13.7. The predicted octanol–water partition coefficient (Wildman–Crippen LogP) is 0.647. The molecule has 3 N–H and O–H groups in total. The van der Waals surface area contributed by atoms with Crippen LogP contribution in [-0.4, -0.2) is 32.7 Å². The second-order valence-corrected chi connectivity index (χ2v) is 4.13. The van der Waals surface area contributed by atoms with Crippen molar-refractivity contribution < 1.29 is 4.79 Å². The molecule has 7 nitrogen and oxygen atoms in total. The Labute approximate surface area is 110 Å². The van der Waals surface area contributed by atoms with Gasteiger partial charge in [-0.2, -0.15) is 0 Å². The third kappa shape index (κ3) is 3.35. The molecule has 0 spiro atoms. The van der Waals surface area contributed by atoms with E-state index < -0.39 is 0 Å². The highest BCUT2D eigenvalue weighted by atomic mass is 16.1. The van der Waals surface area contributed by atoms with Crippen molar-refractivity contribution in [3.63, 3.8) is 0 Å². The number of carbonyl (C=O) groups is 1. The molecule has 2 aromatic rings. The molecule has 0 fully saturated rings. The summed E-state index contributed by atoms with van der Waals surface area (Å²) < 4.78 is 1.71. The van der Waals surface area contributed by atoms with E-state index in [9.17, 15) is 4.79 Å². The van der Waals surface area contributed by atoms with Crippen LogP contribution >= 0.6 is 0 Å². The Morgan fingerprint density at radius 2 is 2.32 bits per heavy atom. The summed E-state index contributed by atoms with van der Waals surface area (Å²) in [6, 6.07) is 7.41. The zero-order valence-corrected chi connectivity index (χ0v) is 10.7. The molecule has 0 unspecified atom stereocenters. The highest BCUT2D eigenvalue weighted by molar-refractivity contribution is 5.89. The molecule has 7 heteroatoms. The molecule has 0 bridgehead atoms. The molecule has 1 aromatic heterocycles. The van der Waals surface area contributed by atoms with E-state index in [4.69, 9.17) is 5.73 Å². The third-order valence-corrected chi connectivity index (χ3v) is 2.55. The van der Waals surface area contributed by atoms with Crippen molar-refractivity contribution in [2.45, 2.75) is 19.9 Å². The van der Waals surface area contributed by atoms with E-state index in [1.54, 1.807) is 4.68 Å². The second kappa shape index (κ2) is 6.05. The molecule has 0 atom stereocenters. The standard InChI is InChI=1S/C12H16N6O/c1-9(19)14-11-5-2-4-10(8-11)12-15-16-17-18(12)7-3-6-13/h2,4-5,8H,3,6-7,13H2,1H3,(H,14,19). The summed E-state index contributed by atoms with van der Waals surface area (Å²) in [5.74, 6) is 0.556. The number of tetrazole rings is 1. The average molecular weight is 260 g/mol. The maximum absolute atomic E-state index is 11.0. The Morgan fingerprint density at radius 1 is 1.47 bits per heavy atom. The molecule has 1 amide bonds. The molecule has 0 saturated heterocycles. The van der Waals surface area contributed by atoms with Crippen LogP contribution in [0.4, 0.5) is 5.69 Å². The summed E-state index contributed by atoms with van der Waals surface area (Å²) in [5.41, 5.74) is 7.06. The van der Waals surface area contributed by atoms with Crippen LogP contribution in [0.3, 0.4) is 0 Å². The quantitative estimate of drug-likeness (QED) is 0.822. The molecule has 0 aliphatic rings. The first kappa shape index (κ1) is 13.2. The van der Waals surface area contributed by atoms with Gasteiger partial charge in [-0.3, -0.25) is 4.79 Å². The number of anilines is 1. The number of aromatic nitrogens is 4. The van der Waals surface area contributed by atoms with Crippen molar-refractivity contribution in [2.24, 2.45) is 5.73 Å². The maximum atomic E-state index is 11.0. The lowest BCUT2D eigenvalue weighted by atomic mass is 10.2. The molecule has 0 aliphatic carbocycles. The van der Waals surface area contributed by atoms with E-state index in [2.05, 4.69) is 20.8 Å². The third-order valence-electron chi connectivity index (χ3n) is 2.55. The number of hydrogen-bond acceptors (Lipinski definition) is 5. The van der Waals surface area contributed by atoms with Gasteiger partial charge in [0.25, 0.3) is 0 Å². The Kier molecular flexibility index (Phi) is 4.19. The van der Waals surface area contributed by atoms with Gasteiger partial charge in [-0.15, -0.1) is 5.10 Å². The minimum absolute atomic E-state index is 0.111. The molecule has 0 radical (unpaired) electrons. The fraction of sp³-hybridized carbons (Fsp3) is 0.333. The van der Waals surface area contributed by atoms with E-state index in [1.807, 2.05) is 24.3 Å². The molecule has 1 heterocycles. The number of hydrogen-bond donors (Lipinski definition) is 2. The highest BCUT2D eigenvalue weighted by Crippen LogP contribution is 2.20. The average Bonchev–Trinajstić information content (AvgIpc) is 2.84. The van der Waals surface area contributed by atoms with Gasteiger partial charge in [0.2, 0.25) is 5.91 Å². The number of carbonyl (C=O) groups excluding carboxylic acids is 1. The molecular formula is C12H16N6O. The molecule has 0 saturated carbocycles. The number of aryl methyl sites for hydroxylation is 1. The van der Waals surface area contributed by atoms with Gasteiger partial charge in [0.05, 0.1) is 0 Å². The normalized spacial score (nSPS) is 10.4. The largest absolute Gasteiger partial charge is 0.330 e. The van der Waals surface area contributed by atoms with Gasteiger partial charge in [-0.1, -0.05) is 12.1 Å². The van der Waals surface area contributed by atoms with Crippen molar-refractivity contribution in [3.8, 4) is 11.4 Å². The van der Waals surface area contributed by atoms with Crippen molar-refractivity contribution in [1.82, 2.24) is 20.2 Å². The minimum atomic E-state index is -0.111. The molecule has 1 aromatic carbocycles. The number of benzene rings is 1. The fourth-order valence-electron chi connectivity index (χ4n) is 1.74. The predicted molar refractivity (Wildman–Crippen MR) is 71.2 cm³/mol. The lowest BCUT2D eigenvalue weighted by Crippen LogP contribution is -2.09. The van der Waals surface area contributed by atoms with Crippen molar-refractivity contribution in [1.29, 1.82) is 0 Å². The van der Waals surface area contributed by atoms with Gasteiger partial charge in [0.1, 0.15) is 0 Å². The molecule has 0 aliphatic heterocycles. The first-order chi connectivity index (χ1) is 9.20. The van der Waals surface area contributed by atoms with Crippen molar-refractivity contribution in [2.75, 3.05) is 11.9 Å². The van der Waals surface area contributed by atoms with E-state index in [-0.39, 0.29) is 5.91 Å². The summed E-state index contributed by atoms with van der Waals surface area (Å²) in [4.78, 5) is 11.0. The van der Waals surface area contributed by atoms with E-state index in [1.165, 1.54) is 6.92 Å². The highest BCUT2D eigenvalue weighted by Gasteiger charge is 2.09. The van der Waals surface area contributed by atoms with Crippen LogP contribution in [0.5, 0.6) is 0 Å². The van der Waals surface area contributed by atoms with Gasteiger partial charge in [0, 0.05) is 24.7 Å². The molecule has 2 rings (SSSR count). The number of rotatable bonds is 5. The number of nitrogens with zero attached hydrogens (tertiary/aromatic N) is 4. The number of amides is 1. The summed E-state index contributed by atoms with van der Waals surface area (Å²) in [6.45, 7) is 2.73. The zero-order valence-electron chi connectivity index (χ0n) is 10.7. The minimum Gasteiger partial charge on any atom is -0.330 e. The van der Waals surface area contributed by atoms with Gasteiger partial charge in [0.15, 0.2) is 5.82 Å². The van der Waals surface area contributed by atoms with Gasteiger partial charge < -0.3 is 11.1 Å². The van der Waals surface area contributed by atoms with Crippen molar-refractivity contribution >= 4 is 11.6 Å². The summed E-state index contributed by atoms with van der Waals surface area (Å²) in [6.07, 6.45) is 0.809. The number of nitrogens with two attached hydrogens (primary N) is 1. The van der Waals surface area contributed by atoms with Crippen LogP contribution in [0.2, 0.25) is 0 Å². The fourth-order valence-corrected chi connectivity index (χ4v) is 1.74. The van der Waals surface area contributed by atoms with Crippen molar-refractivity contribution in [3.05, 3.63) is 24.3 Å². The van der Waals surface area contributed by atoms with E-state index in [0.717, 1.165) is 17.7 Å². The molecule has 100 valence electrons. The number of nitrogens with one attached hydrogen (secondary N) is 1. The lowest BCUT2D eigenvalue weighted by molar-refractivity contribution is -0.114. The smallest absolute Gasteiger partial charge is 0.221 e. The Hall–Kier alpha value is -2.28. The molecular weight excluding hydrogens is 244 g/mol. The monoisotopic (exact) mass is 260 g/mol. The Morgan fingerprint density at radius 3 is 3.05 bits per heavy atom. The van der Waals surface area contributed by atoms with Crippen LogP contribution in [0.1, 0.15) is 13.3 Å². The van der Waals surface area contributed by atoms with E-state index in [0.29, 0.717) is 18.9 Å². The SMILES string of the molecule is CC(=O)Nc1cccc(-c2nnnn2CCCN)c1.